The number of hydrogen-bond acceptors (Lipinski definition) is 5. The average Bonchev–Trinajstić information content (AvgIpc) is 3.20. The van der Waals surface area contributed by atoms with Crippen molar-refractivity contribution in [1.29, 1.82) is 0 Å². The molecule has 2 N–H and O–H groups in total. The van der Waals surface area contributed by atoms with Gasteiger partial charge in [0.25, 0.3) is 11.5 Å². The van der Waals surface area contributed by atoms with E-state index in [1.54, 1.807) is 30.3 Å². The van der Waals surface area contributed by atoms with Crippen molar-refractivity contribution in [2.24, 2.45) is 0 Å². The highest BCUT2D eigenvalue weighted by atomic mass is 16.5. The van der Waals surface area contributed by atoms with Gasteiger partial charge in [-0.25, -0.2) is 0 Å². The standard InChI is InChI=1S/C20H22N2O5/c1-2-26-16-6-7-17-14(12-16)11-15(19(24)21-17)13-22(8-4-9-23)20(25)18-5-3-10-27-18/h3,5-7,10-12,23H,2,4,8-9,13H2,1H3,(H,21,24). The quantitative estimate of drug-likeness (QED) is 0.635. The highest BCUT2D eigenvalue weighted by Crippen LogP contribution is 2.20. The summed E-state index contributed by atoms with van der Waals surface area (Å²) in [5.41, 5.74) is 0.897. The first-order valence-electron chi connectivity index (χ1n) is 8.84. The van der Waals surface area contributed by atoms with E-state index >= 15 is 0 Å². The van der Waals surface area contributed by atoms with Crippen LogP contribution in [0, 0.1) is 0 Å². The lowest BCUT2D eigenvalue weighted by Crippen LogP contribution is -2.33. The molecule has 27 heavy (non-hydrogen) atoms. The number of pyridine rings is 1. The van der Waals surface area contributed by atoms with Crippen LogP contribution in [0.5, 0.6) is 5.75 Å². The molecule has 7 nitrogen and oxygen atoms in total. The summed E-state index contributed by atoms with van der Waals surface area (Å²) in [5, 5.41) is 9.95. The van der Waals surface area contributed by atoms with Crippen LogP contribution in [0.3, 0.4) is 0 Å². The summed E-state index contributed by atoms with van der Waals surface area (Å²) >= 11 is 0. The molecule has 2 aromatic heterocycles. The van der Waals surface area contributed by atoms with E-state index in [0.717, 1.165) is 5.39 Å². The average molecular weight is 370 g/mol. The van der Waals surface area contributed by atoms with Crippen molar-refractivity contribution in [3.8, 4) is 5.75 Å². The van der Waals surface area contributed by atoms with Crippen LogP contribution in [0.25, 0.3) is 10.9 Å². The van der Waals surface area contributed by atoms with Crippen LogP contribution in [-0.4, -0.2) is 40.7 Å². The van der Waals surface area contributed by atoms with Crippen molar-refractivity contribution < 1.29 is 19.1 Å². The number of ether oxygens (including phenoxy) is 1. The number of furan rings is 1. The molecule has 0 aliphatic heterocycles. The van der Waals surface area contributed by atoms with Gasteiger partial charge in [-0.15, -0.1) is 0 Å². The normalized spacial score (nSPS) is 10.9. The van der Waals surface area contributed by atoms with E-state index in [9.17, 15) is 9.59 Å². The van der Waals surface area contributed by atoms with Gasteiger partial charge in [0.15, 0.2) is 5.76 Å². The first kappa shape index (κ1) is 18.7. The van der Waals surface area contributed by atoms with Gasteiger partial charge < -0.3 is 24.1 Å². The molecule has 0 atom stereocenters. The molecule has 0 spiro atoms. The van der Waals surface area contributed by atoms with Crippen LogP contribution in [0.2, 0.25) is 0 Å². The van der Waals surface area contributed by atoms with E-state index in [2.05, 4.69) is 4.98 Å². The molecule has 0 fully saturated rings. The van der Waals surface area contributed by atoms with Crippen LogP contribution < -0.4 is 10.3 Å². The van der Waals surface area contributed by atoms with Gasteiger partial charge in [-0.05, 0) is 49.7 Å². The Morgan fingerprint density at radius 2 is 2.15 bits per heavy atom. The van der Waals surface area contributed by atoms with Crippen molar-refractivity contribution in [2.75, 3.05) is 19.8 Å². The van der Waals surface area contributed by atoms with Crippen molar-refractivity contribution in [3.63, 3.8) is 0 Å². The lowest BCUT2D eigenvalue weighted by atomic mass is 10.1. The van der Waals surface area contributed by atoms with E-state index in [0.29, 0.717) is 36.4 Å². The number of rotatable bonds is 8. The van der Waals surface area contributed by atoms with Crippen molar-refractivity contribution in [1.82, 2.24) is 9.88 Å². The Morgan fingerprint density at radius 3 is 2.85 bits per heavy atom. The summed E-state index contributed by atoms with van der Waals surface area (Å²) in [7, 11) is 0. The molecular formula is C20H22N2O5. The molecule has 1 amide bonds. The largest absolute Gasteiger partial charge is 0.494 e. The Labute approximate surface area is 156 Å². The fourth-order valence-electron chi connectivity index (χ4n) is 2.88. The summed E-state index contributed by atoms with van der Waals surface area (Å²) in [6, 6.07) is 10.4. The van der Waals surface area contributed by atoms with Gasteiger partial charge in [-0.1, -0.05) is 0 Å². The molecule has 0 radical (unpaired) electrons. The number of carbonyl (C=O) groups is 1. The molecular weight excluding hydrogens is 348 g/mol. The van der Waals surface area contributed by atoms with Gasteiger partial charge in [-0.2, -0.15) is 0 Å². The second kappa shape index (κ2) is 8.55. The zero-order chi connectivity index (χ0) is 19.2. The SMILES string of the molecule is CCOc1ccc2[nH]c(=O)c(CN(CCCO)C(=O)c3ccco3)cc2c1. The number of aromatic amines is 1. The molecule has 0 aliphatic rings. The summed E-state index contributed by atoms with van der Waals surface area (Å²) in [6.45, 7) is 2.83. The van der Waals surface area contributed by atoms with Crippen LogP contribution in [-0.2, 0) is 6.54 Å². The Balaban J connectivity index is 1.92. The summed E-state index contributed by atoms with van der Waals surface area (Å²) in [4.78, 5) is 29.5. The third-order valence-corrected chi connectivity index (χ3v) is 4.17. The maximum atomic E-state index is 12.6. The lowest BCUT2D eigenvalue weighted by molar-refractivity contribution is 0.0699. The van der Waals surface area contributed by atoms with Gasteiger partial charge in [0.05, 0.1) is 19.4 Å². The Morgan fingerprint density at radius 1 is 1.30 bits per heavy atom. The van der Waals surface area contributed by atoms with E-state index in [4.69, 9.17) is 14.3 Å². The number of aliphatic hydroxyl groups is 1. The molecule has 3 aromatic rings. The minimum atomic E-state index is -0.323. The minimum Gasteiger partial charge on any atom is -0.494 e. The maximum Gasteiger partial charge on any atom is 0.289 e. The number of nitrogens with one attached hydrogen (secondary N) is 1. The Bertz CT molecular complexity index is 962. The highest BCUT2D eigenvalue weighted by molar-refractivity contribution is 5.91. The van der Waals surface area contributed by atoms with Gasteiger partial charge in [-0.3, -0.25) is 9.59 Å². The topological polar surface area (TPSA) is 95.8 Å². The summed E-state index contributed by atoms with van der Waals surface area (Å²) in [6.07, 6.45) is 1.84. The lowest BCUT2D eigenvalue weighted by Gasteiger charge is -2.21. The molecule has 0 saturated carbocycles. The van der Waals surface area contributed by atoms with Crippen LogP contribution in [0.1, 0.15) is 29.5 Å². The maximum absolute atomic E-state index is 12.6. The number of benzene rings is 1. The molecule has 1 aromatic carbocycles. The second-order valence-electron chi connectivity index (χ2n) is 6.09. The van der Waals surface area contributed by atoms with E-state index in [1.807, 2.05) is 13.0 Å². The number of aliphatic hydroxyl groups excluding tert-OH is 1. The first-order valence-corrected chi connectivity index (χ1v) is 8.84. The first-order chi connectivity index (χ1) is 13.1. The predicted molar refractivity (Wildman–Crippen MR) is 101 cm³/mol. The van der Waals surface area contributed by atoms with E-state index in [-0.39, 0.29) is 30.4 Å². The van der Waals surface area contributed by atoms with E-state index in [1.165, 1.54) is 11.2 Å². The smallest absolute Gasteiger partial charge is 0.289 e. The van der Waals surface area contributed by atoms with Crippen LogP contribution >= 0.6 is 0 Å². The highest BCUT2D eigenvalue weighted by Gasteiger charge is 2.19. The molecule has 0 saturated heterocycles. The number of aromatic nitrogens is 1. The summed E-state index contributed by atoms with van der Waals surface area (Å²) in [5.74, 6) is 0.589. The third kappa shape index (κ3) is 4.38. The molecule has 0 aliphatic carbocycles. The molecule has 2 heterocycles. The number of carbonyl (C=O) groups excluding carboxylic acids is 1. The Hall–Kier alpha value is -3.06. The monoisotopic (exact) mass is 370 g/mol. The molecule has 7 heteroatoms. The van der Waals surface area contributed by atoms with Crippen LogP contribution in [0.4, 0.5) is 0 Å². The molecule has 0 unspecified atom stereocenters. The molecule has 3 rings (SSSR count). The van der Waals surface area contributed by atoms with Crippen molar-refractivity contribution in [3.05, 3.63) is 64.3 Å². The van der Waals surface area contributed by atoms with Crippen LogP contribution in [0.15, 0.2) is 51.9 Å². The summed E-state index contributed by atoms with van der Waals surface area (Å²) < 4.78 is 10.7. The van der Waals surface area contributed by atoms with Gasteiger partial charge in [0.2, 0.25) is 0 Å². The third-order valence-electron chi connectivity index (χ3n) is 4.17. The van der Waals surface area contributed by atoms with Gasteiger partial charge in [0, 0.05) is 29.6 Å². The number of amides is 1. The molecule has 142 valence electrons. The zero-order valence-corrected chi connectivity index (χ0v) is 15.1. The molecule has 0 bridgehead atoms. The number of H-pyrrole nitrogens is 1. The Kier molecular flexibility index (Phi) is 5.93. The zero-order valence-electron chi connectivity index (χ0n) is 15.1. The van der Waals surface area contributed by atoms with Gasteiger partial charge >= 0.3 is 0 Å². The fourth-order valence-corrected chi connectivity index (χ4v) is 2.88. The van der Waals surface area contributed by atoms with Crippen molar-refractivity contribution >= 4 is 16.8 Å². The number of fused-ring (bicyclic) bond motifs is 1. The number of hydrogen-bond donors (Lipinski definition) is 2. The minimum absolute atomic E-state index is 0.0479. The predicted octanol–water partition coefficient (Wildman–Crippen LogP) is 2.54. The second-order valence-corrected chi connectivity index (χ2v) is 6.09. The van der Waals surface area contributed by atoms with Crippen molar-refractivity contribution in [2.45, 2.75) is 19.9 Å². The van der Waals surface area contributed by atoms with E-state index < -0.39 is 0 Å². The van der Waals surface area contributed by atoms with Gasteiger partial charge in [0.1, 0.15) is 5.75 Å². The number of nitrogens with zero attached hydrogens (tertiary/aromatic N) is 1. The fraction of sp³-hybridized carbons (Fsp3) is 0.300.